The van der Waals surface area contributed by atoms with Crippen LogP contribution in [0.25, 0.3) is 0 Å². The predicted octanol–water partition coefficient (Wildman–Crippen LogP) is 4.23. The molecule has 0 aromatic heterocycles. The molecule has 20 heavy (non-hydrogen) atoms. The normalized spacial score (nSPS) is 22.1. The van der Waals surface area contributed by atoms with Crippen molar-refractivity contribution in [1.29, 1.82) is 0 Å². The molecule has 0 saturated carbocycles. The van der Waals surface area contributed by atoms with Crippen LogP contribution in [0.4, 0.5) is 0 Å². The number of aryl methyl sites for hydroxylation is 1. The maximum Gasteiger partial charge on any atom is 0.122 e. The topological polar surface area (TPSA) is 12.5 Å². The molecule has 1 aliphatic carbocycles. The zero-order valence-electron chi connectivity index (χ0n) is 13.6. The fourth-order valence-electron chi connectivity index (χ4n) is 3.77. The molecule has 0 spiro atoms. The van der Waals surface area contributed by atoms with Crippen molar-refractivity contribution in [3.63, 3.8) is 0 Å². The Morgan fingerprint density at radius 1 is 1.35 bits per heavy atom. The summed E-state index contributed by atoms with van der Waals surface area (Å²) in [6.07, 6.45) is 3.66. The van der Waals surface area contributed by atoms with Crippen molar-refractivity contribution in [3.05, 3.63) is 29.3 Å². The maximum absolute atomic E-state index is 5.61. The first-order valence-electron chi connectivity index (χ1n) is 8.01. The third kappa shape index (κ3) is 2.85. The third-order valence-corrected chi connectivity index (χ3v) is 4.69. The van der Waals surface area contributed by atoms with Crippen molar-refractivity contribution < 1.29 is 4.74 Å². The van der Waals surface area contributed by atoms with Crippen LogP contribution < -0.4 is 4.74 Å². The summed E-state index contributed by atoms with van der Waals surface area (Å²) in [4.78, 5) is 2.68. The summed E-state index contributed by atoms with van der Waals surface area (Å²) in [6, 6.07) is 7.75. The Hall–Kier alpha value is -1.02. The van der Waals surface area contributed by atoms with Gasteiger partial charge in [-0.25, -0.2) is 0 Å². The molecule has 1 aromatic rings. The molecule has 0 heterocycles. The highest BCUT2D eigenvalue weighted by molar-refractivity contribution is 5.45. The molecular formula is C18H29NO. The standard InChI is InChI=1S/C18H29NO/c1-6-12-19(13(2)3)16-11-10-15-8-7-9-17(20-5)18(15)14(16)4/h7-9,13-14,16H,6,10-12H2,1-5H3/t14-,16-/m0/s1. The zero-order valence-corrected chi connectivity index (χ0v) is 13.6. The summed E-state index contributed by atoms with van der Waals surface area (Å²) in [7, 11) is 1.79. The van der Waals surface area contributed by atoms with Crippen LogP contribution in [0.5, 0.6) is 5.75 Å². The van der Waals surface area contributed by atoms with Gasteiger partial charge in [0, 0.05) is 23.6 Å². The number of fused-ring (bicyclic) bond motifs is 1. The number of ether oxygens (including phenoxy) is 1. The first-order chi connectivity index (χ1) is 9.60. The minimum atomic E-state index is 0.545. The number of nitrogens with zero attached hydrogens (tertiary/aromatic N) is 1. The van der Waals surface area contributed by atoms with Crippen molar-refractivity contribution in [2.45, 2.75) is 65.0 Å². The lowest BCUT2D eigenvalue weighted by atomic mass is 9.78. The molecule has 0 saturated heterocycles. The van der Waals surface area contributed by atoms with Crippen molar-refractivity contribution >= 4 is 0 Å². The molecule has 0 amide bonds. The third-order valence-electron chi connectivity index (χ3n) is 4.69. The maximum atomic E-state index is 5.61. The van der Waals surface area contributed by atoms with Gasteiger partial charge in [-0.3, -0.25) is 4.90 Å². The number of benzene rings is 1. The van der Waals surface area contributed by atoms with Gasteiger partial charge in [-0.1, -0.05) is 26.0 Å². The molecule has 0 fully saturated rings. The van der Waals surface area contributed by atoms with Gasteiger partial charge in [0.2, 0.25) is 0 Å². The van der Waals surface area contributed by atoms with E-state index < -0.39 is 0 Å². The van der Waals surface area contributed by atoms with Crippen molar-refractivity contribution in [2.75, 3.05) is 13.7 Å². The Labute approximate surface area is 124 Å². The summed E-state index contributed by atoms with van der Waals surface area (Å²) >= 11 is 0. The smallest absolute Gasteiger partial charge is 0.122 e. The molecule has 2 nitrogen and oxygen atoms in total. The molecule has 0 radical (unpaired) electrons. The Bertz CT molecular complexity index is 427. The number of rotatable bonds is 5. The van der Waals surface area contributed by atoms with E-state index in [4.69, 9.17) is 4.74 Å². The zero-order chi connectivity index (χ0) is 14.7. The predicted molar refractivity (Wildman–Crippen MR) is 85.7 cm³/mol. The first-order valence-corrected chi connectivity index (χ1v) is 8.01. The van der Waals surface area contributed by atoms with E-state index in [1.807, 2.05) is 0 Å². The highest BCUT2D eigenvalue weighted by Crippen LogP contribution is 2.40. The highest BCUT2D eigenvalue weighted by atomic mass is 16.5. The molecule has 2 atom stereocenters. The van der Waals surface area contributed by atoms with E-state index in [0.717, 1.165) is 5.75 Å². The van der Waals surface area contributed by atoms with Gasteiger partial charge in [0.05, 0.1) is 7.11 Å². The van der Waals surface area contributed by atoms with Crippen molar-refractivity contribution in [1.82, 2.24) is 4.90 Å². The van der Waals surface area contributed by atoms with Crippen LogP contribution in [0, 0.1) is 0 Å². The monoisotopic (exact) mass is 275 g/mol. The number of methoxy groups -OCH3 is 1. The van der Waals surface area contributed by atoms with E-state index >= 15 is 0 Å². The van der Waals surface area contributed by atoms with Gasteiger partial charge in [0.1, 0.15) is 5.75 Å². The van der Waals surface area contributed by atoms with Crippen LogP contribution in [0.1, 0.15) is 57.6 Å². The Morgan fingerprint density at radius 3 is 2.70 bits per heavy atom. The largest absolute Gasteiger partial charge is 0.496 e. The summed E-state index contributed by atoms with van der Waals surface area (Å²) < 4.78 is 5.61. The second kappa shape index (κ2) is 6.62. The summed E-state index contributed by atoms with van der Waals surface area (Å²) in [5.74, 6) is 1.61. The van der Waals surface area contributed by atoms with Gasteiger partial charge in [0.25, 0.3) is 0 Å². The molecule has 0 aliphatic heterocycles. The van der Waals surface area contributed by atoms with E-state index in [-0.39, 0.29) is 0 Å². The summed E-state index contributed by atoms with van der Waals surface area (Å²) in [6.45, 7) is 10.5. The van der Waals surface area contributed by atoms with Crippen LogP contribution in [0.3, 0.4) is 0 Å². The fourth-order valence-corrected chi connectivity index (χ4v) is 3.77. The second-order valence-corrected chi connectivity index (χ2v) is 6.26. The Morgan fingerprint density at radius 2 is 2.10 bits per heavy atom. The highest BCUT2D eigenvalue weighted by Gasteiger charge is 2.33. The molecule has 0 N–H and O–H groups in total. The quantitative estimate of drug-likeness (QED) is 0.797. The average Bonchev–Trinajstić information content (AvgIpc) is 2.45. The molecule has 112 valence electrons. The van der Waals surface area contributed by atoms with Gasteiger partial charge in [-0.05, 0) is 51.3 Å². The fraction of sp³-hybridized carbons (Fsp3) is 0.667. The van der Waals surface area contributed by atoms with Crippen LogP contribution in [0.15, 0.2) is 18.2 Å². The van der Waals surface area contributed by atoms with E-state index in [9.17, 15) is 0 Å². The minimum Gasteiger partial charge on any atom is -0.496 e. The SMILES string of the molecule is CCCN(C(C)C)[C@H]1CCc2cccc(OC)c2[C@H]1C. The van der Waals surface area contributed by atoms with Gasteiger partial charge in [0.15, 0.2) is 0 Å². The minimum absolute atomic E-state index is 0.545. The molecule has 1 aliphatic rings. The lowest BCUT2D eigenvalue weighted by Crippen LogP contribution is -2.45. The second-order valence-electron chi connectivity index (χ2n) is 6.26. The van der Waals surface area contributed by atoms with E-state index in [1.165, 1.54) is 36.9 Å². The van der Waals surface area contributed by atoms with Crippen molar-refractivity contribution in [2.24, 2.45) is 0 Å². The van der Waals surface area contributed by atoms with E-state index in [0.29, 0.717) is 18.0 Å². The van der Waals surface area contributed by atoms with Crippen LogP contribution in [-0.2, 0) is 6.42 Å². The molecule has 1 aromatic carbocycles. The van der Waals surface area contributed by atoms with E-state index in [1.54, 1.807) is 7.11 Å². The Balaban J connectivity index is 2.32. The van der Waals surface area contributed by atoms with Crippen LogP contribution >= 0.6 is 0 Å². The average molecular weight is 275 g/mol. The van der Waals surface area contributed by atoms with Gasteiger partial charge in [-0.15, -0.1) is 0 Å². The number of hydrogen-bond acceptors (Lipinski definition) is 2. The Kier molecular flexibility index (Phi) is 5.09. The van der Waals surface area contributed by atoms with Crippen molar-refractivity contribution in [3.8, 4) is 5.75 Å². The number of hydrogen-bond donors (Lipinski definition) is 0. The summed E-state index contributed by atoms with van der Waals surface area (Å²) in [5, 5.41) is 0. The molecule has 2 rings (SSSR count). The van der Waals surface area contributed by atoms with Crippen LogP contribution in [-0.4, -0.2) is 30.6 Å². The van der Waals surface area contributed by atoms with Gasteiger partial charge < -0.3 is 4.74 Å². The molecule has 0 bridgehead atoms. The van der Waals surface area contributed by atoms with Crippen LogP contribution in [0.2, 0.25) is 0 Å². The summed E-state index contributed by atoms with van der Waals surface area (Å²) in [5.41, 5.74) is 2.92. The van der Waals surface area contributed by atoms with Gasteiger partial charge in [-0.2, -0.15) is 0 Å². The molecular weight excluding hydrogens is 246 g/mol. The lowest BCUT2D eigenvalue weighted by Gasteiger charge is -2.42. The molecule has 0 unspecified atom stereocenters. The first kappa shape index (κ1) is 15.4. The van der Waals surface area contributed by atoms with Gasteiger partial charge >= 0.3 is 0 Å². The molecule has 2 heteroatoms. The lowest BCUT2D eigenvalue weighted by molar-refractivity contribution is 0.121. The van der Waals surface area contributed by atoms with E-state index in [2.05, 4.69) is 50.8 Å².